The zero-order valence-corrected chi connectivity index (χ0v) is 13.3. The minimum absolute atomic E-state index is 0.126. The Balaban J connectivity index is 2.35. The molecule has 0 aliphatic heterocycles. The summed E-state index contributed by atoms with van der Waals surface area (Å²) in [5.74, 6) is 0. The van der Waals surface area contributed by atoms with Gasteiger partial charge in [-0.2, -0.15) is 10.5 Å². The van der Waals surface area contributed by atoms with Crippen molar-refractivity contribution in [2.45, 2.75) is 0 Å². The number of nitrogens with one attached hydrogen (secondary N) is 1. The molecule has 0 radical (unpaired) electrons. The van der Waals surface area contributed by atoms with Crippen molar-refractivity contribution in [3.05, 3.63) is 86.2 Å². The van der Waals surface area contributed by atoms with E-state index in [1.54, 1.807) is 30.3 Å². The van der Waals surface area contributed by atoms with Crippen LogP contribution in [0.3, 0.4) is 0 Å². The van der Waals surface area contributed by atoms with Crippen LogP contribution in [0.25, 0.3) is 22.4 Å². The van der Waals surface area contributed by atoms with Crippen LogP contribution in [0.15, 0.2) is 59.4 Å². The molecule has 124 valence electrons. The van der Waals surface area contributed by atoms with Crippen LogP contribution in [0.5, 0.6) is 0 Å². The zero-order valence-electron chi connectivity index (χ0n) is 13.3. The number of aromatic nitrogens is 1. The average Bonchev–Trinajstić information content (AvgIpc) is 2.67. The van der Waals surface area contributed by atoms with Crippen molar-refractivity contribution in [2.75, 3.05) is 0 Å². The largest absolute Gasteiger partial charge is 0.320 e. The molecule has 0 spiro atoms. The van der Waals surface area contributed by atoms with Crippen LogP contribution in [-0.2, 0) is 0 Å². The molecule has 0 amide bonds. The predicted octanol–water partition coefficient (Wildman–Crippen LogP) is 3.36. The first kappa shape index (κ1) is 16.6. The maximum Gasteiger partial charge on any atom is 0.269 e. The molecule has 3 rings (SSSR count). The molecule has 0 fully saturated rings. The van der Waals surface area contributed by atoms with Crippen LogP contribution in [0, 0.1) is 32.8 Å². The van der Waals surface area contributed by atoms with Gasteiger partial charge in [0.2, 0.25) is 0 Å². The summed E-state index contributed by atoms with van der Waals surface area (Å²) in [4.78, 5) is 25.3. The van der Waals surface area contributed by atoms with Crippen molar-refractivity contribution in [3.8, 4) is 34.5 Å². The molecule has 0 aliphatic rings. The van der Waals surface area contributed by atoms with Gasteiger partial charge in [0, 0.05) is 17.7 Å². The fourth-order valence-electron chi connectivity index (χ4n) is 2.68. The number of rotatable bonds is 3. The van der Waals surface area contributed by atoms with Crippen molar-refractivity contribution >= 4 is 5.69 Å². The maximum atomic E-state index is 12.4. The molecule has 7 heteroatoms. The topological polar surface area (TPSA) is 124 Å². The Bertz CT molecular complexity index is 1130. The average molecular weight is 342 g/mol. The molecular formula is C19H10N4O3. The molecule has 7 nitrogen and oxygen atoms in total. The highest BCUT2D eigenvalue weighted by Crippen LogP contribution is 2.32. The lowest BCUT2D eigenvalue weighted by Gasteiger charge is -2.11. The molecule has 3 aromatic rings. The van der Waals surface area contributed by atoms with Crippen LogP contribution < -0.4 is 5.56 Å². The number of H-pyrrole nitrogens is 1. The third-order valence-electron chi connectivity index (χ3n) is 3.87. The highest BCUT2D eigenvalue weighted by molar-refractivity contribution is 5.83. The van der Waals surface area contributed by atoms with Gasteiger partial charge in [0.25, 0.3) is 11.2 Å². The number of aromatic amines is 1. The van der Waals surface area contributed by atoms with Gasteiger partial charge in [-0.1, -0.05) is 30.3 Å². The fourth-order valence-corrected chi connectivity index (χ4v) is 2.68. The van der Waals surface area contributed by atoms with E-state index < -0.39 is 10.5 Å². The number of nitro groups is 1. The van der Waals surface area contributed by atoms with E-state index in [9.17, 15) is 25.4 Å². The summed E-state index contributed by atoms with van der Waals surface area (Å²) < 4.78 is 0. The van der Waals surface area contributed by atoms with E-state index in [2.05, 4.69) is 4.98 Å². The van der Waals surface area contributed by atoms with E-state index in [4.69, 9.17) is 0 Å². The third-order valence-corrected chi connectivity index (χ3v) is 3.87. The standard InChI is InChI=1S/C19H10N4O3/c20-10-15-17(12-6-8-14(9-7-12)23(25)26)16(11-21)19(24)22-18(15)13-4-2-1-3-5-13/h1-9H,(H,22,24). The summed E-state index contributed by atoms with van der Waals surface area (Å²) in [7, 11) is 0. The van der Waals surface area contributed by atoms with E-state index in [1.807, 2.05) is 12.1 Å². The predicted molar refractivity (Wildman–Crippen MR) is 94.0 cm³/mol. The van der Waals surface area contributed by atoms with Crippen molar-refractivity contribution in [1.29, 1.82) is 10.5 Å². The van der Waals surface area contributed by atoms with E-state index in [-0.39, 0.29) is 22.4 Å². The molecule has 1 heterocycles. The smallest absolute Gasteiger partial charge is 0.269 e. The lowest BCUT2D eigenvalue weighted by Crippen LogP contribution is -2.15. The quantitative estimate of drug-likeness (QED) is 0.577. The first-order valence-electron chi connectivity index (χ1n) is 7.47. The normalized spacial score (nSPS) is 9.92. The summed E-state index contributed by atoms with van der Waals surface area (Å²) in [6.07, 6.45) is 0. The molecule has 0 unspecified atom stereocenters. The SMILES string of the molecule is N#Cc1c(-c2ccccc2)[nH]c(=O)c(C#N)c1-c1ccc([N+](=O)[O-])cc1. The lowest BCUT2D eigenvalue weighted by atomic mass is 9.93. The molecule has 0 atom stereocenters. The van der Waals surface area contributed by atoms with Crippen LogP contribution in [-0.4, -0.2) is 9.91 Å². The van der Waals surface area contributed by atoms with Crippen LogP contribution in [0.4, 0.5) is 5.69 Å². The summed E-state index contributed by atoms with van der Waals surface area (Å²) in [5.41, 5.74) is 0.618. The molecule has 0 saturated heterocycles. The van der Waals surface area contributed by atoms with Crippen LogP contribution >= 0.6 is 0 Å². The summed E-state index contributed by atoms with van der Waals surface area (Å²) in [6, 6.07) is 18.0. The van der Waals surface area contributed by atoms with Gasteiger partial charge in [-0.3, -0.25) is 14.9 Å². The van der Waals surface area contributed by atoms with Gasteiger partial charge in [-0.05, 0) is 23.3 Å². The maximum absolute atomic E-state index is 12.4. The molecule has 0 aliphatic carbocycles. The number of non-ortho nitro benzene ring substituents is 1. The fraction of sp³-hybridized carbons (Fsp3) is 0. The summed E-state index contributed by atoms with van der Waals surface area (Å²) in [5, 5.41) is 29.9. The molecule has 0 bridgehead atoms. The Labute approximate surface area is 147 Å². The molecule has 26 heavy (non-hydrogen) atoms. The van der Waals surface area contributed by atoms with E-state index in [0.29, 0.717) is 16.8 Å². The number of nitro benzene ring substituents is 1. The number of nitrogens with zero attached hydrogens (tertiary/aromatic N) is 3. The van der Waals surface area contributed by atoms with Gasteiger partial charge in [0.05, 0.1) is 16.2 Å². The number of hydrogen-bond acceptors (Lipinski definition) is 5. The minimum atomic E-state index is -0.626. The van der Waals surface area contributed by atoms with Gasteiger partial charge in [0.15, 0.2) is 0 Å². The Hall–Kier alpha value is -4.23. The summed E-state index contributed by atoms with van der Waals surface area (Å²) >= 11 is 0. The third kappa shape index (κ3) is 2.81. The lowest BCUT2D eigenvalue weighted by molar-refractivity contribution is -0.384. The molecule has 1 N–H and O–H groups in total. The zero-order chi connectivity index (χ0) is 18.7. The Morgan fingerprint density at radius 2 is 1.50 bits per heavy atom. The number of hydrogen-bond donors (Lipinski definition) is 1. The van der Waals surface area contributed by atoms with Gasteiger partial charge in [0.1, 0.15) is 17.7 Å². The first-order valence-corrected chi connectivity index (χ1v) is 7.47. The minimum Gasteiger partial charge on any atom is -0.320 e. The van der Waals surface area contributed by atoms with Gasteiger partial charge in [-0.25, -0.2) is 0 Å². The second-order valence-electron chi connectivity index (χ2n) is 5.35. The van der Waals surface area contributed by atoms with Gasteiger partial charge < -0.3 is 4.98 Å². The second-order valence-corrected chi connectivity index (χ2v) is 5.35. The molecule has 1 aromatic heterocycles. The van der Waals surface area contributed by atoms with Crippen LogP contribution in [0.2, 0.25) is 0 Å². The van der Waals surface area contributed by atoms with Gasteiger partial charge >= 0.3 is 0 Å². The summed E-state index contributed by atoms with van der Waals surface area (Å²) in [6.45, 7) is 0. The highest BCUT2D eigenvalue weighted by Gasteiger charge is 2.20. The molecular weight excluding hydrogens is 332 g/mol. The molecule has 2 aromatic carbocycles. The Morgan fingerprint density at radius 1 is 0.885 bits per heavy atom. The first-order chi connectivity index (χ1) is 12.6. The monoisotopic (exact) mass is 342 g/mol. The highest BCUT2D eigenvalue weighted by atomic mass is 16.6. The van der Waals surface area contributed by atoms with E-state index in [1.165, 1.54) is 24.3 Å². The Morgan fingerprint density at radius 3 is 2.04 bits per heavy atom. The van der Waals surface area contributed by atoms with Crippen molar-refractivity contribution in [2.24, 2.45) is 0 Å². The van der Waals surface area contributed by atoms with Gasteiger partial charge in [-0.15, -0.1) is 0 Å². The van der Waals surface area contributed by atoms with Crippen molar-refractivity contribution in [3.63, 3.8) is 0 Å². The van der Waals surface area contributed by atoms with Crippen molar-refractivity contribution < 1.29 is 4.92 Å². The Kier molecular flexibility index (Phi) is 4.29. The second kappa shape index (κ2) is 6.71. The number of nitriles is 2. The van der Waals surface area contributed by atoms with E-state index in [0.717, 1.165) is 0 Å². The van der Waals surface area contributed by atoms with Crippen LogP contribution in [0.1, 0.15) is 11.1 Å². The number of pyridine rings is 1. The number of benzene rings is 2. The van der Waals surface area contributed by atoms with Crippen molar-refractivity contribution in [1.82, 2.24) is 4.98 Å². The van der Waals surface area contributed by atoms with E-state index >= 15 is 0 Å². The molecule has 0 saturated carbocycles.